The molecule has 1 aromatic rings. The Hall–Kier alpha value is -1.48. The summed E-state index contributed by atoms with van der Waals surface area (Å²) in [5.41, 5.74) is 1.65. The molecule has 0 radical (unpaired) electrons. The number of carbonyl (C=O) groups excluding carboxylic acids is 1. The van der Waals surface area contributed by atoms with Crippen LogP contribution in [0.4, 0.5) is 0 Å². The van der Waals surface area contributed by atoms with Gasteiger partial charge in [-0.3, -0.25) is 4.79 Å². The lowest BCUT2D eigenvalue weighted by atomic mass is 10.1. The Bertz CT molecular complexity index is 670. The van der Waals surface area contributed by atoms with Gasteiger partial charge in [0.25, 0.3) is 5.91 Å². The summed E-state index contributed by atoms with van der Waals surface area (Å²) in [6.07, 6.45) is 0.668. The molecule has 1 aliphatic rings. The third-order valence-corrected chi connectivity index (χ3v) is 6.30. The van der Waals surface area contributed by atoms with E-state index in [1.807, 2.05) is 19.1 Å². The van der Waals surface area contributed by atoms with Gasteiger partial charge in [0.1, 0.15) is 0 Å². The molecule has 0 unspecified atom stereocenters. The summed E-state index contributed by atoms with van der Waals surface area (Å²) in [6, 6.07) is 7.34. The number of methoxy groups -OCH3 is 1. The van der Waals surface area contributed by atoms with E-state index < -0.39 is 10.0 Å². The van der Waals surface area contributed by atoms with Crippen LogP contribution in [0.25, 0.3) is 0 Å². The smallest absolute Gasteiger partial charge is 0.253 e. The first-order valence-electron chi connectivity index (χ1n) is 8.97. The van der Waals surface area contributed by atoms with Crippen molar-refractivity contribution in [3.05, 3.63) is 35.4 Å². The number of sulfonamides is 1. The second-order valence-electron chi connectivity index (χ2n) is 6.47. The standard InChI is InChI=1S/C18H29N3O4S/c1-16-4-6-17(7-5-16)18(22)20(10-3-14-25-2)13-15-26(23,24)21-11-8-19-9-12-21/h4-7,19H,3,8-15H2,1-2H3. The van der Waals surface area contributed by atoms with Gasteiger partial charge in [0.05, 0.1) is 5.75 Å². The summed E-state index contributed by atoms with van der Waals surface area (Å²) in [6.45, 7) is 5.45. The number of piperazine rings is 1. The summed E-state index contributed by atoms with van der Waals surface area (Å²) < 4.78 is 31.7. The van der Waals surface area contributed by atoms with Gasteiger partial charge in [-0.05, 0) is 25.5 Å². The zero-order chi connectivity index (χ0) is 19.0. The highest BCUT2D eigenvalue weighted by molar-refractivity contribution is 7.89. The minimum absolute atomic E-state index is 0.0580. The van der Waals surface area contributed by atoms with Gasteiger partial charge in [-0.1, -0.05) is 17.7 Å². The topological polar surface area (TPSA) is 79.0 Å². The van der Waals surface area contributed by atoms with Crippen molar-refractivity contribution in [3.8, 4) is 0 Å². The number of ether oxygens (including phenoxy) is 1. The Morgan fingerprint density at radius 2 is 1.85 bits per heavy atom. The zero-order valence-electron chi connectivity index (χ0n) is 15.6. The van der Waals surface area contributed by atoms with Crippen molar-refractivity contribution in [2.75, 3.05) is 58.7 Å². The maximum absolute atomic E-state index is 12.8. The lowest BCUT2D eigenvalue weighted by Crippen LogP contribution is -2.48. The molecule has 1 amide bonds. The summed E-state index contributed by atoms with van der Waals surface area (Å²) in [7, 11) is -1.75. The quantitative estimate of drug-likeness (QED) is 0.636. The summed E-state index contributed by atoms with van der Waals surface area (Å²) in [5.74, 6) is -0.200. The average Bonchev–Trinajstić information content (AvgIpc) is 2.65. The van der Waals surface area contributed by atoms with Crippen LogP contribution in [0.15, 0.2) is 24.3 Å². The molecule has 8 heteroatoms. The number of carbonyl (C=O) groups is 1. The first kappa shape index (κ1) is 20.8. The Balaban J connectivity index is 2.03. The number of nitrogens with zero attached hydrogens (tertiary/aromatic N) is 2. The molecule has 1 N–H and O–H groups in total. The molecule has 1 fully saturated rings. The SMILES string of the molecule is COCCCN(CCS(=O)(=O)N1CCNCC1)C(=O)c1ccc(C)cc1. The van der Waals surface area contributed by atoms with Gasteiger partial charge < -0.3 is 15.0 Å². The van der Waals surface area contributed by atoms with Crippen molar-refractivity contribution >= 4 is 15.9 Å². The highest BCUT2D eigenvalue weighted by atomic mass is 32.2. The maximum atomic E-state index is 12.8. The van der Waals surface area contributed by atoms with Gasteiger partial charge >= 0.3 is 0 Å². The van der Waals surface area contributed by atoms with E-state index in [4.69, 9.17) is 4.74 Å². The summed E-state index contributed by atoms with van der Waals surface area (Å²) in [5, 5.41) is 3.15. The van der Waals surface area contributed by atoms with Crippen LogP contribution in [-0.4, -0.2) is 82.3 Å². The van der Waals surface area contributed by atoms with Crippen LogP contribution in [0.1, 0.15) is 22.3 Å². The molecule has 2 rings (SSSR count). The first-order chi connectivity index (χ1) is 12.4. The van der Waals surface area contributed by atoms with Gasteiger partial charge in [-0.15, -0.1) is 0 Å². The molecule has 1 heterocycles. The monoisotopic (exact) mass is 383 g/mol. The number of hydrogen-bond donors (Lipinski definition) is 1. The van der Waals surface area contributed by atoms with Crippen molar-refractivity contribution in [3.63, 3.8) is 0 Å². The van der Waals surface area contributed by atoms with Crippen LogP contribution in [0.5, 0.6) is 0 Å². The molecule has 0 spiro atoms. The van der Waals surface area contributed by atoms with Crippen molar-refractivity contribution in [2.45, 2.75) is 13.3 Å². The largest absolute Gasteiger partial charge is 0.385 e. The van der Waals surface area contributed by atoms with Gasteiger partial charge in [0.2, 0.25) is 10.0 Å². The normalized spacial score (nSPS) is 15.8. The number of nitrogens with one attached hydrogen (secondary N) is 1. The number of amides is 1. The van der Waals surface area contributed by atoms with E-state index in [0.717, 1.165) is 5.56 Å². The van der Waals surface area contributed by atoms with E-state index in [0.29, 0.717) is 51.3 Å². The minimum atomic E-state index is -3.36. The van der Waals surface area contributed by atoms with Crippen molar-refractivity contribution in [2.24, 2.45) is 0 Å². The number of aryl methyl sites for hydroxylation is 1. The number of benzene rings is 1. The molecule has 1 aliphatic heterocycles. The van der Waals surface area contributed by atoms with Crippen molar-refractivity contribution in [1.82, 2.24) is 14.5 Å². The van der Waals surface area contributed by atoms with E-state index in [-0.39, 0.29) is 18.2 Å². The van der Waals surface area contributed by atoms with Crippen LogP contribution in [0, 0.1) is 6.92 Å². The fourth-order valence-corrected chi connectivity index (χ4v) is 4.32. The zero-order valence-corrected chi connectivity index (χ0v) is 16.4. The van der Waals surface area contributed by atoms with E-state index in [2.05, 4.69) is 5.32 Å². The summed E-state index contributed by atoms with van der Waals surface area (Å²) >= 11 is 0. The van der Waals surface area contributed by atoms with E-state index >= 15 is 0 Å². The van der Waals surface area contributed by atoms with Gasteiger partial charge in [0.15, 0.2) is 0 Å². The highest BCUT2D eigenvalue weighted by Gasteiger charge is 2.25. The third-order valence-electron chi connectivity index (χ3n) is 4.45. The van der Waals surface area contributed by atoms with Crippen molar-refractivity contribution < 1.29 is 17.9 Å². The average molecular weight is 384 g/mol. The van der Waals surface area contributed by atoms with Crippen molar-refractivity contribution in [1.29, 1.82) is 0 Å². The second-order valence-corrected chi connectivity index (χ2v) is 8.56. The van der Waals surface area contributed by atoms with E-state index in [1.165, 1.54) is 4.31 Å². The predicted octanol–water partition coefficient (Wildman–Crippen LogP) is 0.709. The molecule has 0 aliphatic carbocycles. The Morgan fingerprint density at radius 3 is 2.46 bits per heavy atom. The van der Waals surface area contributed by atoms with Crippen LogP contribution < -0.4 is 5.32 Å². The molecule has 0 bridgehead atoms. The highest BCUT2D eigenvalue weighted by Crippen LogP contribution is 2.10. The molecule has 1 aromatic carbocycles. The summed E-state index contributed by atoms with van der Waals surface area (Å²) in [4.78, 5) is 14.4. The van der Waals surface area contributed by atoms with Crippen LogP contribution in [0.3, 0.4) is 0 Å². The Morgan fingerprint density at radius 1 is 1.19 bits per heavy atom. The lowest BCUT2D eigenvalue weighted by molar-refractivity contribution is 0.0747. The molecular weight excluding hydrogens is 354 g/mol. The number of rotatable bonds is 9. The van der Waals surface area contributed by atoms with Gasteiger partial charge in [-0.2, -0.15) is 4.31 Å². The molecular formula is C18H29N3O4S. The maximum Gasteiger partial charge on any atom is 0.253 e. The molecule has 1 saturated heterocycles. The first-order valence-corrected chi connectivity index (χ1v) is 10.6. The molecule has 0 saturated carbocycles. The predicted molar refractivity (Wildman–Crippen MR) is 102 cm³/mol. The van der Waals surface area contributed by atoms with E-state index in [9.17, 15) is 13.2 Å². The molecule has 0 atom stereocenters. The fourth-order valence-electron chi connectivity index (χ4n) is 2.87. The Labute approximate surface area is 156 Å². The third kappa shape index (κ3) is 6.05. The van der Waals surface area contributed by atoms with Gasteiger partial charge in [-0.25, -0.2) is 8.42 Å². The fraction of sp³-hybridized carbons (Fsp3) is 0.611. The number of hydrogen-bond acceptors (Lipinski definition) is 5. The van der Waals surface area contributed by atoms with Crippen LogP contribution >= 0.6 is 0 Å². The second kappa shape index (κ2) is 10.0. The van der Waals surface area contributed by atoms with E-state index in [1.54, 1.807) is 24.1 Å². The van der Waals surface area contributed by atoms with Crippen LogP contribution in [-0.2, 0) is 14.8 Å². The molecule has 146 valence electrons. The van der Waals surface area contributed by atoms with Gasteiger partial charge in [0, 0.05) is 58.5 Å². The minimum Gasteiger partial charge on any atom is -0.385 e. The molecule has 26 heavy (non-hydrogen) atoms. The molecule has 7 nitrogen and oxygen atoms in total. The van der Waals surface area contributed by atoms with Crippen LogP contribution in [0.2, 0.25) is 0 Å². The lowest BCUT2D eigenvalue weighted by Gasteiger charge is -2.28. The molecule has 0 aromatic heterocycles. The Kier molecular flexibility index (Phi) is 8.02.